The fourth-order valence-corrected chi connectivity index (χ4v) is 5.60. The lowest BCUT2D eigenvalue weighted by molar-refractivity contribution is -0.125. The number of aryl methyl sites for hydroxylation is 1. The first-order chi connectivity index (χ1) is 23.4. The maximum atomic E-state index is 15.3. The average Bonchev–Trinajstić information content (AvgIpc) is 3.55. The number of piperidine rings is 1. The lowest BCUT2D eigenvalue weighted by atomic mass is 9.97. The van der Waals surface area contributed by atoms with Crippen molar-refractivity contribution in [2.45, 2.75) is 32.6 Å². The summed E-state index contributed by atoms with van der Waals surface area (Å²) in [5.41, 5.74) is 2.73. The number of carbonyl (C=O) groups excluding carboxylic acids is 2. The Morgan fingerprint density at radius 3 is 2.53 bits per heavy atom. The van der Waals surface area contributed by atoms with E-state index in [-0.39, 0.29) is 47.5 Å². The van der Waals surface area contributed by atoms with Crippen LogP contribution in [-0.2, 0) is 11.2 Å². The van der Waals surface area contributed by atoms with E-state index in [4.69, 9.17) is 4.74 Å². The van der Waals surface area contributed by atoms with Gasteiger partial charge in [0.1, 0.15) is 0 Å². The molecule has 1 aliphatic rings. The van der Waals surface area contributed by atoms with Gasteiger partial charge in [0.15, 0.2) is 23.0 Å². The Bertz CT molecular complexity index is 1920. The van der Waals surface area contributed by atoms with Crippen molar-refractivity contribution in [2.24, 2.45) is 5.92 Å². The molecular weight excluding hydrogens is 656 g/mol. The normalized spacial score (nSPS) is 13.0. The average molecular weight is 692 g/mol. The summed E-state index contributed by atoms with van der Waals surface area (Å²) in [7, 11) is 0. The van der Waals surface area contributed by atoms with E-state index in [2.05, 4.69) is 41.2 Å². The number of halogens is 3. The number of nitrogens with zero attached hydrogens (tertiary/aromatic N) is 5. The molecule has 0 radical (unpaired) electrons. The summed E-state index contributed by atoms with van der Waals surface area (Å²) in [6.45, 7) is 4.63. The van der Waals surface area contributed by atoms with Crippen molar-refractivity contribution < 1.29 is 23.1 Å². The summed E-state index contributed by atoms with van der Waals surface area (Å²) in [6.07, 6.45) is 10.4. The van der Waals surface area contributed by atoms with E-state index < -0.39 is 11.6 Å². The van der Waals surface area contributed by atoms with Gasteiger partial charge in [0, 0.05) is 60.6 Å². The minimum atomic E-state index is -1.18. The molecule has 0 aliphatic carbocycles. The molecule has 1 fully saturated rings. The van der Waals surface area contributed by atoms with Crippen LogP contribution in [0.3, 0.4) is 0 Å². The summed E-state index contributed by atoms with van der Waals surface area (Å²) in [5, 5.41) is 12.4. The second-order valence-electron chi connectivity index (χ2n) is 11.3. The molecule has 3 aromatic heterocycles. The number of rotatable bonds is 12. The van der Waals surface area contributed by atoms with Gasteiger partial charge < -0.3 is 26.0 Å². The van der Waals surface area contributed by atoms with Gasteiger partial charge in [-0.05, 0) is 80.7 Å². The maximum Gasteiger partial charge on any atom is 0.321 e. The van der Waals surface area contributed by atoms with Gasteiger partial charge >= 0.3 is 6.01 Å². The number of hydrogen-bond donors (Lipinski definition) is 4. The van der Waals surface area contributed by atoms with Crippen molar-refractivity contribution in [1.29, 1.82) is 0 Å². The third-order valence-corrected chi connectivity index (χ3v) is 8.14. The molecule has 15 heteroatoms. The van der Waals surface area contributed by atoms with Gasteiger partial charge in [0.25, 0.3) is 5.91 Å². The van der Waals surface area contributed by atoms with E-state index in [0.717, 1.165) is 31.5 Å². The maximum absolute atomic E-state index is 15.3. The number of fused-ring (bicyclic) bond motifs is 1. The smallest absolute Gasteiger partial charge is 0.321 e. The summed E-state index contributed by atoms with van der Waals surface area (Å²) in [4.78, 5) is 41.9. The Balaban J connectivity index is 0.00000468. The molecule has 2 aromatic carbocycles. The summed E-state index contributed by atoms with van der Waals surface area (Å²) in [5.74, 6) is -2.31. The first-order valence-electron chi connectivity index (χ1n) is 15.8. The van der Waals surface area contributed by atoms with Gasteiger partial charge in [-0.25, -0.2) is 24.3 Å². The molecule has 5 aromatic rings. The molecule has 6 rings (SSSR count). The molecular formula is C34H36ClF2N9O3. The van der Waals surface area contributed by atoms with E-state index in [9.17, 15) is 9.59 Å². The fourth-order valence-electron chi connectivity index (χ4n) is 5.60. The molecule has 2 amide bonds. The first-order valence-corrected chi connectivity index (χ1v) is 15.8. The summed E-state index contributed by atoms with van der Waals surface area (Å²) < 4.78 is 37.2. The van der Waals surface area contributed by atoms with Crippen LogP contribution in [0.5, 0.6) is 11.8 Å². The Hall–Kier alpha value is -5.21. The van der Waals surface area contributed by atoms with Gasteiger partial charge in [-0.3, -0.25) is 14.0 Å². The Morgan fingerprint density at radius 2 is 1.76 bits per heavy atom. The van der Waals surface area contributed by atoms with Crippen molar-refractivity contribution in [3.63, 3.8) is 0 Å². The topological polar surface area (TPSA) is 147 Å². The lowest BCUT2D eigenvalue weighted by Gasteiger charge is -2.21. The second kappa shape index (κ2) is 16.3. The molecule has 12 nitrogen and oxygen atoms in total. The van der Waals surface area contributed by atoms with Crippen molar-refractivity contribution in [2.75, 3.05) is 31.5 Å². The van der Waals surface area contributed by atoms with Crippen LogP contribution in [0.4, 0.5) is 20.3 Å². The highest BCUT2D eigenvalue weighted by molar-refractivity contribution is 5.96. The van der Waals surface area contributed by atoms with E-state index in [1.807, 2.05) is 13.0 Å². The molecule has 0 bridgehead atoms. The van der Waals surface area contributed by atoms with E-state index >= 15 is 8.78 Å². The Labute approximate surface area is 287 Å². The number of benzene rings is 2. The first kappa shape index (κ1) is 35.1. The molecule has 256 valence electrons. The second-order valence-corrected chi connectivity index (χ2v) is 11.3. The highest BCUT2D eigenvalue weighted by Gasteiger charge is 2.22. The zero-order valence-corrected chi connectivity index (χ0v) is 27.5. The molecule has 0 spiro atoms. The molecule has 4 heterocycles. The Morgan fingerprint density at radius 1 is 0.980 bits per heavy atom. The minimum absolute atomic E-state index is 0. The van der Waals surface area contributed by atoms with Crippen LogP contribution >= 0.6 is 12.4 Å². The summed E-state index contributed by atoms with van der Waals surface area (Å²) in [6, 6.07) is 9.56. The van der Waals surface area contributed by atoms with Crippen LogP contribution < -0.4 is 26.0 Å². The van der Waals surface area contributed by atoms with Crippen LogP contribution in [0.25, 0.3) is 16.9 Å². The molecule has 0 unspecified atom stereocenters. The van der Waals surface area contributed by atoms with Crippen molar-refractivity contribution >= 4 is 41.4 Å². The van der Waals surface area contributed by atoms with Crippen LogP contribution in [0.1, 0.15) is 42.1 Å². The van der Waals surface area contributed by atoms with Gasteiger partial charge in [-0.15, -0.1) is 12.4 Å². The third-order valence-electron chi connectivity index (χ3n) is 8.14. The van der Waals surface area contributed by atoms with Gasteiger partial charge in [0.2, 0.25) is 11.7 Å². The lowest BCUT2D eigenvalue weighted by Crippen LogP contribution is -2.39. The minimum Gasteiger partial charge on any atom is -0.421 e. The number of carbonyl (C=O) groups is 2. The molecule has 1 aliphatic heterocycles. The number of hydrogen-bond acceptors (Lipinski definition) is 9. The van der Waals surface area contributed by atoms with Gasteiger partial charge in [-0.2, -0.15) is 4.39 Å². The zero-order chi connectivity index (χ0) is 33.5. The van der Waals surface area contributed by atoms with Gasteiger partial charge in [0.05, 0.1) is 11.9 Å². The predicted molar refractivity (Wildman–Crippen MR) is 182 cm³/mol. The number of nitrogens with one attached hydrogen (secondary N) is 4. The van der Waals surface area contributed by atoms with Crippen LogP contribution in [0, 0.1) is 17.6 Å². The van der Waals surface area contributed by atoms with Crippen molar-refractivity contribution in [1.82, 2.24) is 40.3 Å². The SMILES string of the molecule is CCc1cc(Nc2nccn3c(-c4ccc(Oc5ncccn5)c(F)c4F)cnc23)ccc1C(=O)NCCCNC(=O)C1CCNCC1.Cl. The van der Waals surface area contributed by atoms with Gasteiger partial charge in [-0.1, -0.05) is 6.92 Å². The highest BCUT2D eigenvalue weighted by Crippen LogP contribution is 2.33. The zero-order valence-electron chi connectivity index (χ0n) is 26.7. The molecule has 49 heavy (non-hydrogen) atoms. The molecule has 1 saturated heterocycles. The number of imidazole rings is 1. The van der Waals surface area contributed by atoms with Crippen molar-refractivity contribution in [3.05, 3.63) is 90.1 Å². The Kier molecular flexibility index (Phi) is 11.7. The van der Waals surface area contributed by atoms with Crippen LogP contribution in [0.15, 0.2) is 67.4 Å². The third kappa shape index (κ3) is 8.09. The van der Waals surface area contributed by atoms with Crippen LogP contribution in [0.2, 0.25) is 0 Å². The monoisotopic (exact) mass is 691 g/mol. The number of ether oxygens (including phenoxy) is 1. The number of aromatic nitrogens is 5. The largest absolute Gasteiger partial charge is 0.421 e. The number of amides is 2. The fraction of sp³-hybridized carbons (Fsp3) is 0.294. The standard InChI is InChI=1S/C34H35F2N9O3.ClH/c1-2-21-19-23(5-6-24(21)33(47)40-12-3-11-39-32(46)22-9-15-37-16-10-22)44-30-31-43-20-26(45(31)18-17-38-30)25-7-8-27(29(36)28(25)35)48-34-41-13-4-14-42-34;/h4-8,13-14,17-20,22,37H,2-3,9-12,15-16H2,1H3,(H,38,44)(H,39,46)(H,40,47);1H. The van der Waals surface area contributed by atoms with E-state index in [1.165, 1.54) is 36.9 Å². The predicted octanol–water partition coefficient (Wildman–Crippen LogP) is 5.22. The molecule has 0 saturated carbocycles. The summed E-state index contributed by atoms with van der Waals surface area (Å²) >= 11 is 0. The van der Waals surface area contributed by atoms with Crippen molar-refractivity contribution in [3.8, 4) is 23.0 Å². The quantitative estimate of drug-likeness (QED) is 0.129. The van der Waals surface area contributed by atoms with E-state index in [0.29, 0.717) is 54.3 Å². The highest BCUT2D eigenvalue weighted by atomic mass is 35.5. The number of anilines is 2. The molecule has 4 N–H and O–H groups in total. The van der Waals surface area contributed by atoms with Crippen LogP contribution in [-0.4, -0.2) is 62.3 Å². The molecule has 0 atom stereocenters. The van der Waals surface area contributed by atoms with E-state index in [1.54, 1.807) is 28.8 Å².